The van der Waals surface area contributed by atoms with Gasteiger partial charge in [-0.25, -0.2) is 0 Å². The number of rotatable bonds is 3. The van der Waals surface area contributed by atoms with E-state index < -0.39 is 7.80 Å². The quantitative estimate of drug-likeness (QED) is 0.409. The van der Waals surface area contributed by atoms with Crippen molar-refractivity contribution in [2.24, 2.45) is 0 Å². The zero-order chi connectivity index (χ0) is 20.7. The summed E-state index contributed by atoms with van der Waals surface area (Å²) in [6, 6.07) is 19.7. The second-order valence-electron chi connectivity index (χ2n) is 9.56. The van der Waals surface area contributed by atoms with Crippen molar-refractivity contribution < 1.29 is 4.57 Å². The van der Waals surface area contributed by atoms with Crippen molar-refractivity contribution in [3.63, 3.8) is 0 Å². The van der Waals surface area contributed by atoms with E-state index in [4.69, 9.17) is 0 Å². The summed E-state index contributed by atoms with van der Waals surface area (Å²) >= 11 is 1.75. The van der Waals surface area contributed by atoms with Crippen LogP contribution in [-0.4, -0.2) is 6.66 Å². The van der Waals surface area contributed by atoms with Gasteiger partial charge in [-0.05, 0) is 45.8 Å². The summed E-state index contributed by atoms with van der Waals surface area (Å²) in [7, 11) is -1.78. The molecule has 2 aromatic carbocycles. The second-order valence-corrected chi connectivity index (χ2v) is 12.3. The van der Waals surface area contributed by atoms with Gasteiger partial charge in [0.05, 0.1) is 0 Å². The van der Waals surface area contributed by atoms with Crippen molar-refractivity contribution in [1.29, 1.82) is 0 Å². The van der Waals surface area contributed by atoms with Crippen LogP contribution in [0.2, 0.25) is 0 Å². The molecular formula is C25H31OPS. The number of benzene rings is 2. The number of thiophene rings is 1. The van der Waals surface area contributed by atoms with Crippen LogP contribution in [0, 0.1) is 0 Å². The van der Waals surface area contributed by atoms with Crippen molar-refractivity contribution in [3.05, 3.63) is 65.7 Å². The van der Waals surface area contributed by atoms with E-state index >= 15 is 0 Å². The summed E-state index contributed by atoms with van der Waals surface area (Å²) in [6.45, 7) is 15.2. The fourth-order valence-electron chi connectivity index (χ4n) is 3.27. The molecule has 3 heteroatoms. The minimum atomic E-state index is -1.78. The topological polar surface area (TPSA) is 17.1 Å². The highest BCUT2D eigenvalue weighted by atomic mass is 32.1. The first-order chi connectivity index (χ1) is 13.0. The lowest BCUT2D eigenvalue weighted by atomic mass is 9.86. The molecule has 1 aromatic heterocycles. The maximum atomic E-state index is 12.5. The average molecular weight is 411 g/mol. The van der Waals surface area contributed by atoms with E-state index in [0.29, 0.717) is 0 Å². The molecule has 1 heterocycles. The van der Waals surface area contributed by atoms with E-state index in [1.165, 1.54) is 21.6 Å². The lowest BCUT2D eigenvalue weighted by Gasteiger charge is -2.19. The minimum absolute atomic E-state index is 0.134. The fourth-order valence-corrected chi connectivity index (χ4v) is 5.84. The normalized spacial score (nSPS) is 13.5. The molecule has 0 aliphatic rings. The number of hydrogen-bond donors (Lipinski definition) is 0. The monoisotopic (exact) mass is 410 g/mol. The van der Waals surface area contributed by atoms with Gasteiger partial charge in [-0.1, -0.05) is 90.1 Å². The summed E-state index contributed by atoms with van der Waals surface area (Å²) in [5, 5.41) is 0.994. The third kappa shape index (κ3) is 4.50. The van der Waals surface area contributed by atoms with Crippen LogP contribution in [-0.2, 0) is 15.4 Å². The highest BCUT2D eigenvalue weighted by Gasteiger charge is 2.18. The molecular weight excluding hydrogens is 379 g/mol. The van der Waals surface area contributed by atoms with Gasteiger partial charge in [0.15, 0.2) is 0 Å². The van der Waals surface area contributed by atoms with Crippen LogP contribution >= 0.6 is 19.1 Å². The summed E-state index contributed by atoms with van der Waals surface area (Å²) in [6.07, 6.45) is 0. The van der Waals surface area contributed by atoms with Crippen LogP contribution in [0.1, 0.15) is 52.7 Å². The maximum absolute atomic E-state index is 12.5. The smallest absolute Gasteiger partial charge is 0.102 e. The molecule has 0 amide bonds. The molecule has 0 spiro atoms. The zero-order valence-corrected chi connectivity index (χ0v) is 19.8. The first-order valence-electron chi connectivity index (χ1n) is 9.83. The largest absolute Gasteiger partial charge is 0.322 e. The Balaban J connectivity index is 2.02. The zero-order valence-electron chi connectivity index (χ0n) is 18.0. The Labute approximate surface area is 174 Å². The van der Waals surface area contributed by atoms with Crippen LogP contribution in [0.25, 0.3) is 20.9 Å². The Morgan fingerprint density at radius 3 is 1.54 bits per heavy atom. The van der Waals surface area contributed by atoms with Gasteiger partial charge in [0, 0.05) is 15.1 Å². The Morgan fingerprint density at radius 2 is 1.14 bits per heavy atom. The first-order valence-corrected chi connectivity index (χ1v) is 12.6. The molecule has 1 unspecified atom stereocenters. The molecule has 1 atom stereocenters. The molecule has 0 saturated carbocycles. The van der Waals surface area contributed by atoms with E-state index in [2.05, 4.69) is 96.1 Å². The molecule has 0 aliphatic heterocycles. The van der Waals surface area contributed by atoms with Crippen LogP contribution < -0.4 is 5.30 Å². The van der Waals surface area contributed by atoms with Gasteiger partial charge >= 0.3 is 0 Å². The maximum Gasteiger partial charge on any atom is 0.102 e. The highest BCUT2D eigenvalue weighted by Crippen LogP contribution is 2.39. The first kappa shape index (κ1) is 21.1. The van der Waals surface area contributed by atoms with Gasteiger partial charge in [0.2, 0.25) is 0 Å². The number of hydrogen-bond acceptors (Lipinski definition) is 2. The standard InChI is InChI=1S/C25H31OPS/c1-24(2,3)19-12-8-17(9-13-19)22-16-21(27(7)26)23(28-22)18-10-14-20(15-11-18)25(4,5)6/h8-16,27H,1-7H3. The van der Waals surface area contributed by atoms with Crippen molar-refractivity contribution >= 4 is 24.4 Å². The van der Waals surface area contributed by atoms with Crippen molar-refractivity contribution in [2.45, 2.75) is 52.4 Å². The van der Waals surface area contributed by atoms with Crippen LogP contribution in [0.15, 0.2) is 54.6 Å². The predicted molar refractivity (Wildman–Crippen MR) is 127 cm³/mol. The van der Waals surface area contributed by atoms with Gasteiger partial charge in [0.1, 0.15) is 7.80 Å². The molecule has 3 aromatic rings. The van der Waals surface area contributed by atoms with Crippen LogP contribution in [0.5, 0.6) is 0 Å². The minimum Gasteiger partial charge on any atom is -0.322 e. The Bertz CT molecular complexity index is 981. The molecule has 28 heavy (non-hydrogen) atoms. The second kappa shape index (κ2) is 7.65. The van der Waals surface area contributed by atoms with Crippen molar-refractivity contribution in [2.75, 3.05) is 6.66 Å². The lowest BCUT2D eigenvalue weighted by Crippen LogP contribution is -2.10. The Morgan fingerprint density at radius 1 is 0.714 bits per heavy atom. The molecule has 3 rings (SSSR count). The van der Waals surface area contributed by atoms with E-state index in [-0.39, 0.29) is 10.8 Å². The molecule has 0 saturated heterocycles. The molecule has 1 nitrogen and oxygen atoms in total. The molecule has 0 bridgehead atoms. The molecule has 0 fully saturated rings. The third-order valence-electron chi connectivity index (χ3n) is 5.16. The average Bonchev–Trinajstić information content (AvgIpc) is 3.06. The SMILES string of the molecule is C[PH](=O)c1cc(-c2ccc(C(C)(C)C)cc2)sc1-c1ccc(C(C)(C)C)cc1. The summed E-state index contributed by atoms with van der Waals surface area (Å²) in [5.74, 6) is 0. The summed E-state index contributed by atoms with van der Waals surface area (Å²) in [5.41, 5.74) is 5.28. The summed E-state index contributed by atoms with van der Waals surface area (Å²) < 4.78 is 12.5. The van der Waals surface area contributed by atoms with Gasteiger partial charge in [-0.2, -0.15) is 0 Å². The van der Waals surface area contributed by atoms with Gasteiger partial charge in [0.25, 0.3) is 0 Å². The summed E-state index contributed by atoms with van der Waals surface area (Å²) in [4.78, 5) is 2.33. The Hall–Kier alpha value is -1.63. The van der Waals surface area contributed by atoms with Crippen LogP contribution in [0.3, 0.4) is 0 Å². The predicted octanol–water partition coefficient (Wildman–Crippen LogP) is 7.49. The molecule has 0 radical (unpaired) electrons. The van der Waals surface area contributed by atoms with E-state index in [9.17, 15) is 4.57 Å². The van der Waals surface area contributed by atoms with E-state index in [1.807, 2.05) is 6.66 Å². The third-order valence-corrected chi connectivity index (χ3v) is 7.73. The molecule has 0 N–H and O–H groups in total. The van der Waals surface area contributed by atoms with E-state index in [0.717, 1.165) is 15.7 Å². The van der Waals surface area contributed by atoms with Gasteiger partial charge < -0.3 is 4.57 Å². The van der Waals surface area contributed by atoms with Crippen molar-refractivity contribution in [1.82, 2.24) is 0 Å². The molecule has 148 valence electrons. The van der Waals surface area contributed by atoms with Crippen molar-refractivity contribution in [3.8, 4) is 20.9 Å². The molecule has 0 aliphatic carbocycles. The fraction of sp³-hybridized carbons (Fsp3) is 0.360. The van der Waals surface area contributed by atoms with Crippen LogP contribution in [0.4, 0.5) is 0 Å². The highest BCUT2D eigenvalue weighted by molar-refractivity contribution is 7.54. The van der Waals surface area contributed by atoms with E-state index in [1.54, 1.807) is 11.3 Å². The Kier molecular flexibility index (Phi) is 5.76. The van der Waals surface area contributed by atoms with Gasteiger partial charge in [-0.15, -0.1) is 11.3 Å². The van der Waals surface area contributed by atoms with Gasteiger partial charge in [-0.3, -0.25) is 0 Å². The lowest BCUT2D eigenvalue weighted by molar-refractivity contribution is 0.590.